The number of amides is 2. The molecule has 2 aromatic rings. The maximum Gasteiger partial charge on any atom is 0.277 e. The van der Waals surface area contributed by atoms with Crippen molar-refractivity contribution in [3.63, 3.8) is 0 Å². The van der Waals surface area contributed by atoms with E-state index < -0.39 is 0 Å². The number of nitrogens with zero attached hydrogens (tertiary/aromatic N) is 2. The number of para-hydroxylation sites is 1. The maximum absolute atomic E-state index is 11.8. The molecule has 0 aliphatic heterocycles. The molecule has 2 amide bonds. The molecule has 7 heteroatoms. The summed E-state index contributed by atoms with van der Waals surface area (Å²) in [4.78, 5) is 23.2. The summed E-state index contributed by atoms with van der Waals surface area (Å²) in [6.07, 6.45) is 1.53. The van der Waals surface area contributed by atoms with Gasteiger partial charge in [-0.2, -0.15) is 15.4 Å². The Kier molecular flexibility index (Phi) is 3.87. The Bertz CT molecular complexity index is 580. The van der Waals surface area contributed by atoms with Crippen molar-refractivity contribution in [1.29, 1.82) is 0 Å². The summed E-state index contributed by atoms with van der Waals surface area (Å²) in [7, 11) is 1.57. The first kappa shape index (κ1) is 12.7. The van der Waals surface area contributed by atoms with Crippen LogP contribution in [0.25, 0.3) is 0 Å². The van der Waals surface area contributed by atoms with Gasteiger partial charge in [0.1, 0.15) is 0 Å². The minimum atomic E-state index is -0.377. The molecule has 3 N–H and O–H groups in total. The van der Waals surface area contributed by atoms with Crippen molar-refractivity contribution >= 4 is 17.5 Å². The predicted octanol–water partition coefficient (Wildman–Crippen LogP) is 0.345. The summed E-state index contributed by atoms with van der Waals surface area (Å²) in [6, 6.07) is 7.11. The molecule has 7 nitrogen and oxygen atoms in total. The Balaban J connectivity index is 2.16. The SMILES string of the molecule is CNC(=O)Cc1ccccc1NC(=O)c1cn[nH]n1. The molecule has 1 aromatic heterocycles. The lowest BCUT2D eigenvalue weighted by molar-refractivity contribution is -0.119. The summed E-state index contributed by atoms with van der Waals surface area (Å²) in [5.74, 6) is -0.499. The summed E-state index contributed by atoms with van der Waals surface area (Å²) in [5.41, 5.74) is 1.51. The van der Waals surface area contributed by atoms with E-state index in [9.17, 15) is 9.59 Å². The van der Waals surface area contributed by atoms with Gasteiger partial charge < -0.3 is 10.6 Å². The van der Waals surface area contributed by atoms with Gasteiger partial charge in [0.2, 0.25) is 5.91 Å². The molecule has 19 heavy (non-hydrogen) atoms. The number of carbonyl (C=O) groups is 2. The standard InChI is InChI=1S/C12H13N5O2/c1-13-11(18)6-8-4-2-3-5-9(8)15-12(19)10-7-14-17-16-10/h2-5,7H,6H2,1H3,(H,13,18)(H,15,19)(H,14,16,17). The third-order valence-corrected chi connectivity index (χ3v) is 2.54. The summed E-state index contributed by atoms with van der Waals surface area (Å²) < 4.78 is 0. The molecule has 0 unspecified atom stereocenters. The number of H-pyrrole nitrogens is 1. The van der Waals surface area contributed by atoms with Crippen LogP contribution in [0, 0.1) is 0 Å². The van der Waals surface area contributed by atoms with Gasteiger partial charge >= 0.3 is 0 Å². The Morgan fingerprint density at radius 2 is 2.11 bits per heavy atom. The van der Waals surface area contributed by atoms with Crippen LogP contribution in [-0.2, 0) is 11.2 Å². The van der Waals surface area contributed by atoms with Gasteiger partial charge in [0.05, 0.1) is 12.6 Å². The lowest BCUT2D eigenvalue weighted by atomic mass is 10.1. The van der Waals surface area contributed by atoms with E-state index in [-0.39, 0.29) is 23.9 Å². The molecule has 0 aliphatic carbocycles. The smallest absolute Gasteiger partial charge is 0.277 e. The van der Waals surface area contributed by atoms with Gasteiger partial charge in [-0.05, 0) is 11.6 Å². The van der Waals surface area contributed by atoms with Gasteiger partial charge in [0.15, 0.2) is 5.69 Å². The first-order valence-corrected chi connectivity index (χ1v) is 5.66. The third-order valence-electron chi connectivity index (χ3n) is 2.54. The predicted molar refractivity (Wildman–Crippen MR) is 68.5 cm³/mol. The number of hydrogen-bond acceptors (Lipinski definition) is 4. The highest BCUT2D eigenvalue weighted by molar-refractivity contribution is 6.03. The second kappa shape index (κ2) is 5.76. The van der Waals surface area contributed by atoms with Gasteiger partial charge in [-0.3, -0.25) is 9.59 Å². The monoisotopic (exact) mass is 259 g/mol. The first-order chi connectivity index (χ1) is 9.20. The van der Waals surface area contributed by atoms with E-state index in [4.69, 9.17) is 0 Å². The van der Waals surface area contributed by atoms with Gasteiger partial charge in [-0.25, -0.2) is 0 Å². The Hall–Kier alpha value is -2.70. The highest BCUT2D eigenvalue weighted by Gasteiger charge is 2.12. The molecule has 1 heterocycles. The van der Waals surface area contributed by atoms with Crippen LogP contribution in [0.3, 0.4) is 0 Å². The molecule has 0 aliphatic rings. The van der Waals surface area contributed by atoms with Crippen LogP contribution >= 0.6 is 0 Å². The number of rotatable bonds is 4. The fourth-order valence-electron chi connectivity index (χ4n) is 1.56. The number of anilines is 1. The molecular formula is C12H13N5O2. The molecule has 0 saturated heterocycles. The summed E-state index contributed by atoms with van der Waals surface area (Å²) in [5, 5.41) is 14.9. The Labute approximate surface area is 109 Å². The van der Waals surface area contributed by atoms with Crippen molar-refractivity contribution in [2.24, 2.45) is 0 Å². The fourth-order valence-corrected chi connectivity index (χ4v) is 1.56. The molecule has 1 aromatic carbocycles. The van der Waals surface area contributed by atoms with Gasteiger partial charge in [0.25, 0.3) is 5.91 Å². The van der Waals surface area contributed by atoms with Gasteiger partial charge in [0, 0.05) is 12.7 Å². The maximum atomic E-state index is 11.8. The number of benzene rings is 1. The second-order valence-electron chi connectivity index (χ2n) is 3.82. The average Bonchev–Trinajstić information content (AvgIpc) is 2.95. The van der Waals surface area contributed by atoms with E-state index in [1.165, 1.54) is 6.20 Å². The van der Waals surface area contributed by atoms with Crippen molar-refractivity contribution in [3.05, 3.63) is 41.7 Å². The van der Waals surface area contributed by atoms with Crippen molar-refractivity contribution in [2.45, 2.75) is 6.42 Å². The molecule has 0 saturated carbocycles. The van der Waals surface area contributed by atoms with Crippen LogP contribution in [0.4, 0.5) is 5.69 Å². The average molecular weight is 259 g/mol. The van der Waals surface area contributed by atoms with Crippen molar-refractivity contribution < 1.29 is 9.59 Å². The molecule has 98 valence electrons. The third kappa shape index (κ3) is 3.15. The van der Waals surface area contributed by atoms with Crippen molar-refractivity contribution in [2.75, 3.05) is 12.4 Å². The first-order valence-electron chi connectivity index (χ1n) is 5.66. The van der Waals surface area contributed by atoms with Gasteiger partial charge in [-0.1, -0.05) is 18.2 Å². The minimum Gasteiger partial charge on any atom is -0.359 e. The Morgan fingerprint density at radius 3 is 2.79 bits per heavy atom. The van der Waals surface area contributed by atoms with Crippen molar-refractivity contribution in [3.8, 4) is 0 Å². The van der Waals surface area contributed by atoms with Crippen LogP contribution in [-0.4, -0.2) is 34.3 Å². The molecule has 0 radical (unpaired) electrons. The highest BCUT2D eigenvalue weighted by atomic mass is 16.2. The zero-order valence-corrected chi connectivity index (χ0v) is 10.3. The molecular weight excluding hydrogens is 246 g/mol. The van der Waals surface area contributed by atoms with E-state index in [0.29, 0.717) is 5.69 Å². The normalized spacial score (nSPS) is 9.95. The van der Waals surface area contributed by atoms with Crippen LogP contribution < -0.4 is 10.6 Å². The summed E-state index contributed by atoms with van der Waals surface area (Å²) in [6.45, 7) is 0. The zero-order valence-electron chi connectivity index (χ0n) is 10.3. The summed E-state index contributed by atoms with van der Waals surface area (Å²) >= 11 is 0. The van der Waals surface area contributed by atoms with Crippen LogP contribution in [0.2, 0.25) is 0 Å². The topological polar surface area (TPSA) is 99.8 Å². The van der Waals surface area contributed by atoms with E-state index >= 15 is 0 Å². The lowest BCUT2D eigenvalue weighted by Gasteiger charge is -2.09. The van der Waals surface area contributed by atoms with E-state index in [1.807, 2.05) is 6.07 Å². The van der Waals surface area contributed by atoms with Crippen molar-refractivity contribution in [1.82, 2.24) is 20.7 Å². The highest BCUT2D eigenvalue weighted by Crippen LogP contribution is 2.16. The zero-order chi connectivity index (χ0) is 13.7. The second-order valence-corrected chi connectivity index (χ2v) is 3.82. The molecule has 0 spiro atoms. The number of hydrogen-bond donors (Lipinski definition) is 3. The Morgan fingerprint density at radius 1 is 1.32 bits per heavy atom. The largest absolute Gasteiger partial charge is 0.359 e. The van der Waals surface area contributed by atoms with E-state index in [0.717, 1.165) is 5.56 Å². The number of aromatic nitrogens is 3. The van der Waals surface area contributed by atoms with E-state index in [2.05, 4.69) is 26.0 Å². The fraction of sp³-hybridized carbons (Fsp3) is 0.167. The number of aromatic amines is 1. The minimum absolute atomic E-state index is 0.122. The quantitative estimate of drug-likeness (QED) is 0.737. The van der Waals surface area contributed by atoms with Gasteiger partial charge in [-0.15, -0.1) is 0 Å². The molecule has 0 atom stereocenters. The van der Waals surface area contributed by atoms with E-state index in [1.54, 1.807) is 25.2 Å². The number of carbonyl (C=O) groups excluding carboxylic acids is 2. The number of likely N-dealkylation sites (N-methyl/N-ethyl adjacent to an activating group) is 1. The van der Waals surface area contributed by atoms with Crippen LogP contribution in [0.5, 0.6) is 0 Å². The lowest BCUT2D eigenvalue weighted by Crippen LogP contribution is -2.21. The molecule has 0 fully saturated rings. The molecule has 0 bridgehead atoms. The number of nitrogens with one attached hydrogen (secondary N) is 3. The van der Waals surface area contributed by atoms with Crippen LogP contribution in [0.1, 0.15) is 16.1 Å². The molecule has 2 rings (SSSR count). The van der Waals surface area contributed by atoms with Crippen LogP contribution in [0.15, 0.2) is 30.5 Å².